The first kappa shape index (κ1) is 18.4. The smallest absolute Gasteiger partial charge is 0.316 e. The van der Waals surface area contributed by atoms with Crippen molar-refractivity contribution in [2.24, 2.45) is 0 Å². The number of nitrogens with zero attached hydrogens (tertiary/aromatic N) is 1. The molecular weight excluding hydrogens is 384 g/mol. The van der Waals surface area contributed by atoms with Gasteiger partial charge in [-0.1, -0.05) is 0 Å². The molecule has 136 valence electrons. The molecule has 1 aliphatic rings. The van der Waals surface area contributed by atoms with E-state index in [0.717, 1.165) is 10.4 Å². The summed E-state index contributed by atoms with van der Waals surface area (Å²) in [4.78, 5) is 32.6. The first-order valence-electron chi connectivity index (χ1n) is 7.72. The molecule has 1 aliphatic heterocycles. The number of carbonyl (C=O) groups is 1. The predicted octanol–water partition coefficient (Wildman–Crippen LogP) is 1.56. The number of hydrogen-bond acceptors (Lipinski definition) is 8. The molecule has 1 atom stereocenters. The molecule has 0 unspecified atom stereocenters. The molecule has 7 nitrogen and oxygen atoms in total. The minimum absolute atomic E-state index is 0.0519. The van der Waals surface area contributed by atoms with Gasteiger partial charge in [-0.25, -0.2) is 13.4 Å². The number of sulfone groups is 1. The minimum atomic E-state index is -2.95. The van der Waals surface area contributed by atoms with Crippen LogP contribution in [0.1, 0.15) is 22.7 Å². The Morgan fingerprint density at radius 1 is 1.44 bits per heavy atom. The summed E-state index contributed by atoms with van der Waals surface area (Å²) in [5.41, 5.74) is 0.684. The molecule has 1 fully saturated rings. The van der Waals surface area contributed by atoms with Gasteiger partial charge in [0, 0.05) is 10.1 Å². The van der Waals surface area contributed by atoms with Crippen LogP contribution in [0.15, 0.2) is 4.79 Å². The van der Waals surface area contributed by atoms with Crippen molar-refractivity contribution >= 4 is 49.1 Å². The Balaban J connectivity index is 1.57. The van der Waals surface area contributed by atoms with Crippen LogP contribution in [-0.2, 0) is 26.0 Å². The van der Waals surface area contributed by atoms with E-state index in [-0.39, 0.29) is 34.7 Å². The highest BCUT2D eigenvalue weighted by Crippen LogP contribution is 2.26. The monoisotopic (exact) mass is 402 g/mol. The molecule has 2 aromatic rings. The maximum absolute atomic E-state index is 12.1. The molecule has 3 heterocycles. The van der Waals surface area contributed by atoms with Gasteiger partial charge in [-0.3, -0.25) is 9.59 Å². The van der Waals surface area contributed by atoms with E-state index >= 15 is 0 Å². The van der Waals surface area contributed by atoms with Crippen LogP contribution in [0, 0.1) is 13.8 Å². The quantitative estimate of drug-likeness (QED) is 0.757. The number of fused-ring (bicyclic) bond motifs is 1. The molecule has 0 aliphatic carbocycles. The molecule has 0 bridgehead atoms. The third kappa shape index (κ3) is 4.24. The highest BCUT2D eigenvalue weighted by atomic mass is 32.2. The Morgan fingerprint density at radius 2 is 2.20 bits per heavy atom. The molecule has 3 rings (SSSR count). The van der Waals surface area contributed by atoms with Crippen LogP contribution in [0.4, 0.5) is 0 Å². The van der Waals surface area contributed by atoms with Gasteiger partial charge in [0.15, 0.2) is 9.84 Å². The van der Waals surface area contributed by atoms with E-state index in [1.54, 1.807) is 0 Å². The number of rotatable bonds is 5. The number of hydrogen-bond donors (Lipinski definition) is 1. The van der Waals surface area contributed by atoms with E-state index in [2.05, 4.69) is 9.97 Å². The summed E-state index contributed by atoms with van der Waals surface area (Å²) in [6.45, 7) is 3.70. The van der Waals surface area contributed by atoms with Gasteiger partial charge in [0.05, 0.1) is 22.6 Å². The number of nitrogens with one attached hydrogen (secondary N) is 1. The van der Waals surface area contributed by atoms with Crippen LogP contribution in [0.25, 0.3) is 10.2 Å². The van der Waals surface area contributed by atoms with Crippen LogP contribution in [0.5, 0.6) is 0 Å². The molecule has 25 heavy (non-hydrogen) atoms. The lowest BCUT2D eigenvalue weighted by Gasteiger charge is -2.07. The van der Waals surface area contributed by atoms with Crippen LogP contribution < -0.4 is 5.56 Å². The first-order chi connectivity index (χ1) is 11.7. The Kier molecular flexibility index (Phi) is 5.21. The van der Waals surface area contributed by atoms with Gasteiger partial charge >= 0.3 is 5.97 Å². The standard InChI is InChI=1S/C15H18N2O5S3/c1-8-9(2)24-15-13(8)14(19)16-11(17-15)5-22-12(18)6-23-10-3-4-25(20,21)7-10/h10H,3-7H2,1-2H3,(H,16,17,19)/t10-/m0/s1. The van der Waals surface area contributed by atoms with Crippen LogP contribution in [0.3, 0.4) is 0 Å². The number of aryl methyl sites for hydroxylation is 2. The summed E-state index contributed by atoms with van der Waals surface area (Å²) in [6.07, 6.45) is 0.572. The largest absolute Gasteiger partial charge is 0.457 e. The maximum Gasteiger partial charge on any atom is 0.316 e. The third-order valence-corrected chi connectivity index (χ3v) is 8.44. The van der Waals surface area contributed by atoms with Crippen molar-refractivity contribution in [2.45, 2.75) is 32.1 Å². The number of carbonyl (C=O) groups excluding carboxylic acids is 1. The van der Waals surface area contributed by atoms with Gasteiger partial charge in [-0.15, -0.1) is 23.1 Å². The van der Waals surface area contributed by atoms with Crippen molar-refractivity contribution in [2.75, 3.05) is 17.3 Å². The SMILES string of the molecule is Cc1sc2nc(COC(=O)CS[C@H]3CCS(=O)(=O)C3)[nH]c(=O)c2c1C. The molecular formula is C15H18N2O5S3. The molecule has 2 aromatic heterocycles. The van der Waals surface area contributed by atoms with E-state index in [4.69, 9.17) is 4.74 Å². The van der Waals surface area contributed by atoms with Gasteiger partial charge in [0.25, 0.3) is 5.56 Å². The second-order valence-corrected chi connectivity index (χ2v) is 10.7. The Bertz CT molecular complexity index is 977. The topological polar surface area (TPSA) is 106 Å². The second kappa shape index (κ2) is 7.08. The fraction of sp³-hybridized carbons (Fsp3) is 0.533. The van der Waals surface area contributed by atoms with E-state index in [1.807, 2.05) is 13.8 Å². The maximum atomic E-state index is 12.1. The molecule has 0 radical (unpaired) electrons. The average Bonchev–Trinajstić information content (AvgIpc) is 3.02. The third-order valence-electron chi connectivity index (χ3n) is 4.09. The summed E-state index contributed by atoms with van der Waals surface area (Å²) < 4.78 is 27.9. The molecule has 0 aromatic carbocycles. The van der Waals surface area contributed by atoms with Crippen molar-refractivity contribution < 1.29 is 17.9 Å². The number of thioether (sulfide) groups is 1. The summed E-state index contributed by atoms with van der Waals surface area (Å²) in [5.74, 6) is 0.248. The zero-order chi connectivity index (χ0) is 18.2. The number of aromatic amines is 1. The number of thiophene rings is 1. The number of esters is 1. The minimum Gasteiger partial charge on any atom is -0.457 e. The second-order valence-electron chi connectivity index (χ2n) is 5.97. The zero-order valence-electron chi connectivity index (χ0n) is 13.8. The average molecular weight is 403 g/mol. The fourth-order valence-corrected chi connectivity index (χ4v) is 7.12. The van der Waals surface area contributed by atoms with Gasteiger partial charge in [0.2, 0.25) is 0 Å². The van der Waals surface area contributed by atoms with Crippen molar-refractivity contribution in [3.05, 3.63) is 26.6 Å². The Labute approximate surface area is 153 Å². The Hall–Kier alpha value is -1.39. The van der Waals surface area contributed by atoms with Crippen molar-refractivity contribution in [3.8, 4) is 0 Å². The number of aromatic nitrogens is 2. The lowest BCUT2D eigenvalue weighted by atomic mass is 10.2. The molecule has 10 heteroatoms. The van der Waals surface area contributed by atoms with E-state index in [0.29, 0.717) is 22.5 Å². The van der Waals surface area contributed by atoms with Crippen LogP contribution in [-0.4, -0.2) is 46.9 Å². The predicted molar refractivity (Wildman–Crippen MR) is 99.0 cm³/mol. The van der Waals surface area contributed by atoms with Crippen molar-refractivity contribution in [1.29, 1.82) is 0 Å². The molecule has 1 N–H and O–H groups in total. The van der Waals surface area contributed by atoms with Crippen molar-refractivity contribution in [1.82, 2.24) is 9.97 Å². The van der Waals surface area contributed by atoms with Gasteiger partial charge in [-0.05, 0) is 25.8 Å². The van der Waals surface area contributed by atoms with Gasteiger partial charge < -0.3 is 9.72 Å². The van der Waals surface area contributed by atoms with Crippen LogP contribution in [0.2, 0.25) is 0 Å². The Morgan fingerprint density at radius 3 is 2.88 bits per heavy atom. The highest BCUT2D eigenvalue weighted by molar-refractivity contribution is 8.02. The molecule has 0 saturated carbocycles. The van der Waals surface area contributed by atoms with Gasteiger partial charge in [0.1, 0.15) is 17.3 Å². The normalized spacial score (nSPS) is 19.4. The first-order valence-corrected chi connectivity index (χ1v) is 11.4. The number of H-pyrrole nitrogens is 1. The number of ether oxygens (including phenoxy) is 1. The lowest BCUT2D eigenvalue weighted by Crippen LogP contribution is -2.16. The lowest BCUT2D eigenvalue weighted by molar-refractivity contribution is -0.141. The molecule has 1 saturated heterocycles. The summed E-state index contributed by atoms with van der Waals surface area (Å²) in [6, 6.07) is 0. The van der Waals surface area contributed by atoms with E-state index in [1.165, 1.54) is 23.1 Å². The summed E-state index contributed by atoms with van der Waals surface area (Å²) in [7, 11) is -2.95. The zero-order valence-corrected chi connectivity index (χ0v) is 16.3. The van der Waals surface area contributed by atoms with Gasteiger partial charge in [-0.2, -0.15) is 0 Å². The van der Waals surface area contributed by atoms with E-state index in [9.17, 15) is 18.0 Å². The summed E-state index contributed by atoms with van der Waals surface area (Å²) in [5, 5.41) is 0.527. The highest BCUT2D eigenvalue weighted by Gasteiger charge is 2.28. The van der Waals surface area contributed by atoms with Crippen LogP contribution >= 0.6 is 23.1 Å². The van der Waals surface area contributed by atoms with Crippen molar-refractivity contribution in [3.63, 3.8) is 0 Å². The fourth-order valence-electron chi connectivity index (χ4n) is 2.64. The summed E-state index contributed by atoms with van der Waals surface area (Å²) >= 11 is 2.73. The van der Waals surface area contributed by atoms with E-state index < -0.39 is 15.8 Å². The molecule has 0 amide bonds. The molecule has 0 spiro atoms.